The molecule has 1 aliphatic rings. The van der Waals surface area contributed by atoms with E-state index in [0.29, 0.717) is 13.0 Å². The third kappa shape index (κ3) is 5.37. The molecule has 6 heteroatoms. The highest BCUT2D eigenvalue weighted by molar-refractivity contribution is 5.85. The van der Waals surface area contributed by atoms with Crippen molar-refractivity contribution in [2.45, 2.75) is 39.2 Å². The minimum absolute atomic E-state index is 0. The molecule has 17 heavy (non-hydrogen) atoms. The van der Waals surface area contributed by atoms with E-state index in [2.05, 4.69) is 10.6 Å². The molecule has 2 amide bonds. The summed E-state index contributed by atoms with van der Waals surface area (Å²) in [6, 6.07) is 0.289. The van der Waals surface area contributed by atoms with Crippen molar-refractivity contribution in [2.24, 2.45) is 11.1 Å². The van der Waals surface area contributed by atoms with Crippen LogP contribution in [0.3, 0.4) is 0 Å². The summed E-state index contributed by atoms with van der Waals surface area (Å²) in [5, 5.41) is 6.01. The topological polar surface area (TPSA) is 84.2 Å². The van der Waals surface area contributed by atoms with Gasteiger partial charge in [0.05, 0.1) is 5.41 Å². The molecular formula is C11H22ClN3O2. The Morgan fingerprint density at radius 1 is 1.47 bits per heavy atom. The zero-order chi connectivity index (χ0) is 12.2. The lowest BCUT2D eigenvalue weighted by atomic mass is 9.92. The minimum Gasteiger partial charge on any atom is -0.369 e. The smallest absolute Gasteiger partial charge is 0.224 e. The van der Waals surface area contributed by atoms with Crippen molar-refractivity contribution in [1.82, 2.24) is 10.6 Å². The van der Waals surface area contributed by atoms with E-state index in [1.807, 2.05) is 0 Å². The van der Waals surface area contributed by atoms with Crippen LogP contribution in [0.5, 0.6) is 0 Å². The summed E-state index contributed by atoms with van der Waals surface area (Å²) in [5.41, 5.74) is 4.54. The number of nitrogens with two attached hydrogens (primary N) is 1. The first kappa shape index (κ1) is 16.2. The lowest BCUT2D eigenvalue weighted by Gasteiger charge is -2.21. The van der Waals surface area contributed by atoms with Crippen molar-refractivity contribution in [2.75, 3.05) is 13.1 Å². The van der Waals surface area contributed by atoms with E-state index >= 15 is 0 Å². The quantitative estimate of drug-likeness (QED) is 0.662. The molecule has 0 saturated carbocycles. The van der Waals surface area contributed by atoms with Crippen molar-refractivity contribution < 1.29 is 9.59 Å². The van der Waals surface area contributed by atoms with Gasteiger partial charge in [0.15, 0.2) is 0 Å². The zero-order valence-corrected chi connectivity index (χ0v) is 11.2. The zero-order valence-electron chi connectivity index (χ0n) is 10.4. The molecular weight excluding hydrogens is 242 g/mol. The highest BCUT2D eigenvalue weighted by Gasteiger charge is 2.26. The number of carbonyl (C=O) groups is 2. The molecule has 1 atom stereocenters. The van der Waals surface area contributed by atoms with E-state index in [1.165, 1.54) is 0 Å². The summed E-state index contributed by atoms with van der Waals surface area (Å²) in [4.78, 5) is 22.6. The van der Waals surface area contributed by atoms with E-state index < -0.39 is 11.3 Å². The van der Waals surface area contributed by atoms with E-state index in [1.54, 1.807) is 13.8 Å². The number of carbonyl (C=O) groups excluding carboxylic acids is 2. The van der Waals surface area contributed by atoms with Gasteiger partial charge in [0.2, 0.25) is 11.8 Å². The Hall–Kier alpha value is -0.810. The van der Waals surface area contributed by atoms with Gasteiger partial charge in [-0.3, -0.25) is 9.59 Å². The first-order chi connectivity index (χ1) is 7.42. The maximum Gasteiger partial charge on any atom is 0.224 e. The van der Waals surface area contributed by atoms with Crippen molar-refractivity contribution in [3.8, 4) is 0 Å². The Morgan fingerprint density at radius 3 is 2.59 bits per heavy atom. The summed E-state index contributed by atoms with van der Waals surface area (Å²) >= 11 is 0. The molecule has 1 aliphatic heterocycles. The van der Waals surface area contributed by atoms with Crippen LogP contribution in [0.15, 0.2) is 0 Å². The van der Waals surface area contributed by atoms with Gasteiger partial charge >= 0.3 is 0 Å². The Kier molecular flexibility index (Phi) is 6.49. The second kappa shape index (κ2) is 6.81. The molecule has 0 bridgehead atoms. The summed E-state index contributed by atoms with van der Waals surface area (Å²) in [6.45, 7) is 4.74. The van der Waals surface area contributed by atoms with E-state index in [9.17, 15) is 9.59 Å². The number of hydrogen-bond acceptors (Lipinski definition) is 3. The van der Waals surface area contributed by atoms with Crippen LogP contribution in [-0.4, -0.2) is 30.9 Å². The number of amides is 2. The molecule has 1 heterocycles. The molecule has 1 unspecified atom stereocenters. The van der Waals surface area contributed by atoms with Gasteiger partial charge in [-0.05, 0) is 33.2 Å². The van der Waals surface area contributed by atoms with Crippen LogP contribution in [0.4, 0.5) is 0 Å². The Morgan fingerprint density at radius 2 is 2.12 bits per heavy atom. The monoisotopic (exact) mass is 263 g/mol. The van der Waals surface area contributed by atoms with Gasteiger partial charge in [0.25, 0.3) is 0 Å². The van der Waals surface area contributed by atoms with Gasteiger partial charge in [-0.2, -0.15) is 0 Å². The third-order valence-electron chi connectivity index (χ3n) is 2.99. The predicted octanol–water partition coefficient (Wildman–Crippen LogP) is 0.178. The van der Waals surface area contributed by atoms with Crippen LogP contribution >= 0.6 is 12.4 Å². The highest BCUT2D eigenvalue weighted by atomic mass is 35.5. The van der Waals surface area contributed by atoms with Crippen LogP contribution in [0.2, 0.25) is 0 Å². The second-order valence-corrected chi connectivity index (χ2v) is 5.02. The van der Waals surface area contributed by atoms with Gasteiger partial charge in [-0.1, -0.05) is 0 Å². The van der Waals surface area contributed by atoms with Gasteiger partial charge in [0.1, 0.15) is 0 Å². The summed E-state index contributed by atoms with van der Waals surface area (Å²) in [5.74, 6) is -0.416. The molecule has 0 aromatic carbocycles. The van der Waals surface area contributed by atoms with E-state index in [-0.39, 0.29) is 24.4 Å². The molecule has 1 rings (SSSR count). The summed E-state index contributed by atoms with van der Waals surface area (Å²) < 4.78 is 0. The standard InChI is InChI=1S/C11H21N3O2.ClH/c1-11(2,10(12)16)7-14-9(15)6-8-4-3-5-13-8;/h8,13H,3-7H2,1-2H3,(H2,12,16)(H,14,15);1H. The van der Waals surface area contributed by atoms with E-state index in [0.717, 1.165) is 19.4 Å². The largest absolute Gasteiger partial charge is 0.369 e. The predicted molar refractivity (Wildman–Crippen MR) is 68.9 cm³/mol. The van der Waals surface area contributed by atoms with Crippen molar-refractivity contribution in [1.29, 1.82) is 0 Å². The Labute approximate surface area is 108 Å². The molecule has 1 saturated heterocycles. The Bertz CT molecular complexity index is 276. The van der Waals surface area contributed by atoms with Crippen LogP contribution in [-0.2, 0) is 9.59 Å². The van der Waals surface area contributed by atoms with Crippen LogP contribution in [0.1, 0.15) is 33.1 Å². The van der Waals surface area contributed by atoms with Crippen LogP contribution < -0.4 is 16.4 Å². The second-order valence-electron chi connectivity index (χ2n) is 5.02. The SMILES string of the molecule is CC(C)(CNC(=O)CC1CCCN1)C(N)=O.Cl. The number of nitrogens with one attached hydrogen (secondary N) is 2. The van der Waals surface area contributed by atoms with Gasteiger partial charge < -0.3 is 16.4 Å². The summed E-state index contributed by atoms with van der Waals surface area (Å²) in [7, 11) is 0. The molecule has 0 aliphatic carbocycles. The molecule has 0 aromatic rings. The molecule has 0 aromatic heterocycles. The first-order valence-electron chi connectivity index (χ1n) is 5.72. The van der Waals surface area contributed by atoms with Crippen molar-refractivity contribution >= 4 is 24.2 Å². The fourth-order valence-electron chi connectivity index (χ4n) is 1.63. The van der Waals surface area contributed by atoms with Crippen LogP contribution in [0, 0.1) is 5.41 Å². The van der Waals surface area contributed by atoms with Gasteiger partial charge in [0, 0.05) is 19.0 Å². The normalized spacial score (nSPS) is 19.5. The highest BCUT2D eigenvalue weighted by Crippen LogP contribution is 2.13. The number of halogens is 1. The van der Waals surface area contributed by atoms with Crippen molar-refractivity contribution in [3.63, 3.8) is 0 Å². The maximum absolute atomic E-state index is 11.6. The molecule has 1 fully saturated rings. The number of hydrogen-bond donors (Lipinski definition) is 3. The summed E-state index contributed by atoms with van der Waals surface area (Å²) in [6.07, 6.45) is 2.66. The first-order valence-corrected chi connectivity index (χ1v) is 5.72. The number of primary amides is 1. The van der Waals surface area contributed by atoms with Gasteiger partial charge in [-0.15, -0.1) is 12.4 Å². The average molecular weight is 264 g/mol. The minimum atomic E-state index is -0.682. The lowest BCUT2D eigenvalue weighted by Crippen LogP contribution is -2.43. The maximum atomic E-state index is 11.6. The molecule has 100 valence electrons. The molecule has 0 radical (unpaired) electrons. The van der Waals surface area contributed by atoms with Gasteiger partial charge in [-0.25, -0.2) is 0 Å². The lowest BCUT2D eigenvalue weighted by molar-refractivity contribution is -0.127. The van der Waals surface area contributed by atoms with E-state index in [4.69, 9.17) is 5.73 Å². The molecule has 0 spiro atoms. The fraction of sp³-hybridized carbons (Fsp3) is 0.818. The van der Waals surface area contributed by atoms with Crippen molar-refractivity contribution in [3.05, 3.63) is 0 Å². The molecule has 4 N–H and O–H groups in total. The third-order valence-corrected chi connectivity index (χ3v) is 2.99. The number of rotatable bonds is 5. The Balaban J connectivity index is 0.00000256. The molecule has 5 nitrogen and oxygen atoms in total. The average Bonchev–Trinajstić information content (AvgIpc) is 2.67. The van der Waals surface area contributed by atoms with Crippen LogP contribution in [0.25, 0.3) is 0 Å². The fourth-order valence-corrected chi connectivity index (χ4v) is 1.63.